The summed E-state index contributed by atoms with van der Waals surface area (Å²) in [5, 5.41) is 3.54. The van der Waals surface area contributed by atoms with Gasteiger partial charge in [-0.3, -0.25) is 4.79 Å². The lowest BCUT2D eigenvalue weighted by Crippen LogP contribution is -2.44. The van der Waals surface area contributed by atoms with Gasteiger partial charge in [-0.15, -0.1) is 0 Å². The van der Waals surface area contributed by atoms with Gasteiger partial charge >= 0.3 is 0 Å². The van der Waals surface area contributed by atoms with Gasteiger partial charge in [0.05, 0.1) is 12.6 Å². The number of rotatable bonds is 7. The number of carbonyl (C=O) groups is 1. The fourth-order valence-electron chi connectivity index (χ4n) is 4.86. The van der Waals surface area contributed by atoms with Crippen molar-refractivity contribution in [2.75, 3.05) is 18.5 Å². The van der Waals surface area contributed by atoms with E-state index in [2.05, 4.69) is 29.6 Å². The average molecular weight is 525 g/mol. The lowest BCUT2D eigenvalue weighted by Gasteiger charge is -2.33. The maximum atomic E-state index is 13.9. The second kappa shape index (κ2) is 13.0. The molecule has 4 aromatic carbocycles. The Morgan fingerprint density at radius 3 is 2.46 bits per heavy atom. The predicted molar refractivity (Wildman–Crippen MR) is 151 cm³/mol. The molecule has 6 heteroatoms. The fraction of sp³-hybridized carbons (Fsp3) is 0.242. The van der Waals surface area contributed by atoms with Gasteiger partial charge in [0.2, 0.25) is 5.91 Å². The molecule has 5 nitrogen and oxygen atoms in total. The number of ether oxygens (including phenoxy) is 2. The molecule has 0 bridgehead atoms. The molecule has 0 saturated heterocycles. The highest BCUT2D eigenvalue weighted by molar-refractivity contribution is 5.77. The van der Waals surface area contributed by atoms with Crippen molar-refractivity contribution in [3.63, 3.8) is 0 Å². The zero-order chi connectivity index (χ0) is 26.9. The Bertz CT molecular complexity index is 1380. The number of carbonyl (C=O) groups excluding carboxylic acids is 1. The number of fused-ring (bicyclic) bond motifs is 2. The van der Waals surface area contributed by atoms with E-state index in [-0.39, 0.29) is 30.7 Å². The second-order valence-electron chi connectivity index (χ2n) is 9.68. The van der Waals surface area contributed by atoms with Crippen LogP contribution in [-0.2, 0) is 24.3 Å². The zero-order valence-electron chi connectivity index (χ0n) is 21.9. The quantitative estimate of drug-likeness (QED) is 0.276. The van der Waals surface area contributed by atoms with Gasteiger partial charge in [-0.2, -0.15) is 0 Å². The molecule has 1 amide bonds. The van der Waals surface area contributed by atoms with Crippen molar-refractivity contribution in [2.24, 2.45) is 0 Å². The van der Waals surface area contributed by atoms with Crippen LogP contribution >= 0.6 is 0 Å². The number of hydrogen-bond donors (Lipinski definition) is 1. The summed E-state index contributed by atoms with van der Waals surface area (Å²) in [6.07, 6.45) is 1.42. The summed E-state index contributed by atoms with van der Waals surface area (Å²) < 4.78 is 25.9. The van der Waals surface area contributed by atoms with E-state index in [1.54, 1.807) is 18.2 Å². The molecular weight excluding hydrogens is 491 g/mol. The molecule has 5 rings (SSSR count). The number of amides is 1. The molecule has 0 radical (unpaired) electrons. The highest BCUT2D eigenvalue weighted by Crippen LogP contribution is 2.26. The number of para-hydroxylation sites is 3. The van der Waals surface area contributed by atoms with E-state index in [9.17, 15) is 9.18 Å². The van der Waals surface area contributed by atoms with E-state index < -0.39 is 5.82 Å². The van der Waals surface area contributed by atoms with Crippen LogP contribution in [0.15, 0.2) is 103 Å². The third-order valence-corrected chi connectivity index (χ3v) is 6.94. The van der Waals surface area contributed by atoms with Crippen LogP contribution in [-0.4, -0.2) is 30.1 Å². The van der Waals surface area contributed by atoms with Crippen LogP contribution in [0.4, 0.5) is 10.1 Å². The summed E-state index contributed by atoms with van der Waals surface area (Å²) in [6, 6.07) is 32.5. The Hall–Kier alpha value is -4.32. The van der Waals surface area contributed by atoms with Gasteiger partial charge in [0.15, 0.2) is 11.6 Å². The van der Waals surface area contributed by atoms with E-state index >= 15 is 0 Å². The monoisotopic (exact) mass is 524 g/mol. The first-order valence-electron chi connectivity index (χ1n) is 13.4. The van der Waals surface area contributed by atoms with Gasteiger partial charge in [-0.25, -0.2) is 4.39 Å². The van der Waals surface area contributed by atoms with Crippen molar-refractivity contribution in [3.05, 3.63) is 126 Å². The number of hydrogen-bond acceptors (Lipinski definition) is 4. The molecule has 0 aromatic heterocycles. The van der Waals surface area contributed by atoms with E-state index in [4.69, 9.17) is 9.47 Å². The number of nitrogens with one attached hydrogen (secondary N) is 1. The van der Waals surface area contributed by atoms with Gasteiger partial charge in [0, 0.05) is 30.8 Å². The first kappa shape index (κ1) is 26.3. The van der Waals surface area contributed by atoms with Crippen molar-refractivity contribution < 1.29 is 18.7 Å². The Morgan fingerprint density at radius 1 is 0.897 bits per heavy atom. The van der Waals surface area contributed by atoms with Gasteiger partial charge in [-0.1, -0.05) is 78.9 Å². The van der Waals surface area contributed by atoms with Crippen LogP contribution in [0.3, 0.4) is 0 Å². The second-order valence-corrected chi connectivity index (χ2v) is 9.68. The van der Waals surface area contributed by atoms with Crippen molar-refractivity contribution >= 4 is 11.6 Å². The molecule has 0 aliphatic carbocycles. The Balaban J connectivity index is 1.40. The molecule has 1 aliphatic rings. The van der Waals surface area contributed by atoms with Crippen LogP contribution in [0.1, 0.15) is 29.5 Å². The summed E-state index contributed by atoms with van der Waals surface area (Å²) in [4.78, 5) is 15.7. The molecule has 0 fully saturated rings. The van der Waals surface area contributed by atoms with Crippen LogP contribution in [0.5, 0.6) is 11.5 Å². The molecule has 0 unspecified atom stereocenters. The van der Waals surface area contributed by atoms with E-state index in [0.717, 1.165) is 28.1 Å². The van der Waals surface area contributed by atoms with E-state index in [1.807, 2.05) is 59.5 Å². The minimum atomic E-state index is -0.402. The van der Waals surface area contributed by atoms with Crippen molar-refractivity contribution in [3.8, 4) is 11.5 Å². The lowest BCUT2D eigenvalue weighted by atomic mass is 10.0. The highest BCUT2D eigenvalue weighted by Gasteiger charge is 2.27. The van der Waals surface area contributed by atoms with Gasteiger partial charge in [0.1, 0.15) is 12.4 Å². The largest absolute Gasteiger partial charge is 0.491 e. The van der Waals surface area contributed by atoms with Gasteiger partial charge in [-0.05, 0) is 48.2 Å². The molecule has 1 heterocycles. The topological polar surface area (TPSA) is 50.8 Å². The highest BCUT2D eigenvalue weighted by atomic mass is 19.1. The number of benzene rings is 4. The van der Waals surface area contributed by atoms with E-state index in [0.29, 0.717) is 32.5 Å². The normalized spacial score (nSPS) is 15.1. The van der Waals surface area contributed by atoms with Crippen molar-refractivity contribution in [2.45, 2.75) is 38.4 Å². The lowest BCUT2D eigenvalue weighted by molar-refractivity contribution is -0.135. The number of halogens is 1. The summed E-state index contributed by atoms with van der Waals surface area (Å²) in [7, 11) is 0. The molecule has 1 aliphatic heterocycles. The van der Waals surface area contributed by atoms with Crippen LogP contribution in [0.2, 0.25) is 0 Å². The van der Waals surface area contributed by atoms with Gasteiger partial charge < -0.3 is 19.7 Å². The van der Waals surface area contributed by atoms with E-state index in [1.165, 1.54) is 6.07 Å². The first-order chi connectivity index (χ1) is 19.2. The molecule has 1 N–H and O–H groups in total. The molecule has 4 aromatic rings. The third-order valence-electron chi connectivity index (χ3n) is 6.94. The Morgan fingerprint density at radius 2 is 1.62 bits per heavy atom. The SMILES string of the molecule is O=C(CCCOc1ccccc1F)N1Cc2ccccc2NCc2ccccc2OC[C@@H]1Cc1ccccc1. The minimum Gasteiger partial charge on any atom is -0.491 e. The summed E-state index contributed by atoms with van der Waals surface area (Å²) in [5.41, 5.74) is 4.25. The summed E-state index contributed by atoms with van der Waals surface area (Å²) >= 11 is 0. The first-order valence-corrected chi connectivity index (χ1v) is 13.4. The molecule has 39 heavy (non-hydrogen) atoms. The van der Waals surface area contributed by atoms with Crippen molar-refractivity contribution in [1.29, 1.82) is 0 Å². The maximum absolute atomic E-state index is 13.9. The maximum Gasteiger partial charge on any atom is 0.223 e. The van der Waals surface area contributed by atoms with Crippen molar-refractivity contribution in [1.82, 2.24) is 4.90 Å². The zero-order valence-corrected chi connectivity index (χ0v) is 21.9. The molecule has 0 spiro atoms. The van der Waals surface area contributed by atoms with Crippen LogP contribution in [0.25, 0.3) is 0 Å². The molecule has 200 valence electrons. The number of anilines is 1. The molecular formula is C33H33FN2O3. The summed E-state index contributed by atoms with van der Waals surface area (Å²) in [5.74, 6) is 0.627. The van der Waals surface area contributed by atoms with Gasteiger partial charge in [0.25, 0.3) is 0 Å². The standard InChI is InChI=1S/C33H33FN2O3/c34-29-15-6-9-18-32(29)38-20-10-19-33(37)36-23-27-14-4-7-16-30(27)35-22-26-13-5-8-17-31(26)39-24-28(36)21-25-11-2-1-3-12-25/h1-9,11-18,28,35H,10,19-24H2/t28-/m0/s1. The average Bonchev–Trinajstić information content (AvgIpc) is 3.00. The molecule has 1 atom stereocenters. The Kier molecular flexibility index (Phi) is 8.74. The van der Waals surface area contributed by atoms with Crippen LogP contribution in [0, 0.1) is 5.82 Å². The summed E-state index contributed by atoms with van der Waals surface area (Å²) in [6.45, 7) is 1.70. The number of nitrogens with zero attached hydrogens (tertiary/aromatic N) is 1. The fourth-order valence-corrected chi connectivity index (χ4v) is 4.86. The molecule has 0 saturated carbocycles. The minimum absolute atomic E-state index is 0.0130. The Labute approximate surface area is 229 Å². The van der Waals surface area contributed by atoms with Crippen LogP contribution < -0.4 is 14.8 Å². The third kappa shape index (κ3) is 6.96. The predicted octanol–water partition coefficient (Wildman–Crippen LogP) is 6.63. The smallest absolute Gasteiger partial charge is 0.223 e.